The lowest BCUT2D eigenvalue weighted by atomic mass is 10.1. The summed E-state index contributed by atoms with van der Waals surface area (Å²) in [5, 5.41) is 0. The molecule has 0 bridgehead atoms. The molecule has 0 aliphatic rings. The maximum absolute atomic E-state index is 13.8. The fraction of sp³-hybridized carbons (Fsp3) is 0.0833. The fourth-order valence-corrected chi connectivity index (χ4v) is 1.66. The van der Waals surface area contributed by atoms with Crippen LogP contribution in [0.5, 0.6) is 5.75 Å². The average Bonchev–Trinajstić information content (AvgIpc) is 2.71. The molecule has 0 saturated carbocycles. The van der Waals surface area contributed by atoms with Crippen LogP contribution in [0.2, 0.25) is 0 Å². The standard InChI is InChI=1S/C12H12FN3O2/c1-18-6-2-3-7(9(13)4-6)10-5-8(12(15)17)11(14)16-10/h2-5,16H,14H2,1H3,(H2,15,17). The first-order valence-corrected chi connectivity index (χ1v) is 5.15. The van der Waals surface area contributed by atoms with E-state index in [0.717, 1.165) is 0 Å². The quantitative estimate of drug-likeness (QED) is 0.769. The first kappa shape index (κ1) is 12.0. The number of carbonyl (C=O) groups is 1. The third kappa shape index (κ3) is 2.00. The Hall–Kier alpha value is -2.50. The highest BCUT2D eigenvalue weighted by atomic mass is 19.1. The number of rotatable bonds is 3. The van der Waals surface area contributed by atoms with Gasteiger partial charge in [-0.05, 0) is 18.2 Å². The maximum Gasteiger partial charge on any atom is 0.252 e. The third-order valence-corrected chi connectivity index (χ3v) is 2.58. The number of ether oxygens (including phenoxy) is 1. The molecule has 2 rings (SSSR count). The second-order valence-corrected chi connectivity index (χ2v) is 3.72. The van der Waals surface area contributed by atoms with Crippen LogP contribution in [-0.2, 0) is 0 Å². The second-order valence-electron chi connectivity index (χ2n) is 3.72. The van der Waals surface area contributed by atoms with Crippen LogP contribution in [0.4, 0.5) is 10.2 Å². The highest BCUT2D eigenvalue weighted by Crippen LogP contribution is 2.28. The number of benzene rings is 1. The lowest BCUT2D eigenvalue weighted by molar-refractivity contribution is 0.100. The number of methoxy groups -OCH3 is 1. The van der Waals surface area contributed by atoms with Crippen molar-refractivity contribution in [2.75, 3.05) is 12.8 Å². The number of nitrogen functional groups attached to an aromatic ring is 1. The van der Waals surface area contributed by atoms with Crippen molar-refractivity contribution < 1.29 is 13.9 Å². The number of nitrogens with one attached hydrogen (secondary N) is 1. The smallest absolute Gasteiger partial charge is 0.252 e. The number of halogens is 1. The zero-order chi connectivity index (χ0) is 13.3. The van der Waals surface area contributed by atoms with Gasteiger partial charge in [0.15, 0.2) is 0 Å². The molecule has 1 heterocycles. The van der Waals surface area contributed by atoms with Gasteiger partial charge in [-0.15, -0.1) is 0 Å². The number of hydrogen-bond acceptors (Lipinski definition) is 3. The molecule has 5 nitrogen and oxygen atoms in total. The molecule has 2 aromatic rings. The number of nitrogens with two attached hydrogens (primary N) is 2. The van der Waals surface area contributed by atoms with Crippen molar-refractivity contribution in [3.05, 3.63) is 35.6 Å². The Morgan fingerprint density at radius 1 is 1.39 bits per heavy atom. The number of aromatic nitrogens is 1. The maximum atomic E-state index is 13.8. The number of carbonyl (C=O) groups excluding carboxylic acids is 1. The largest absolute Gasteiger partial charge is 0.497 e. The summed E-state index contributed by atoms with van der Waals surface area (Å²) in [5.74, 6) is -0.617. The minimum absolute atomic E-state index is 0.118. The van der Waals surface area contributed by atoms with Crippen LogP contribution in [0, 0.1) is 5.82 Å². The average molecular weight is 249 g/mol. The number of aromatic amines is 1. The molecule has 0 aliphatic heterocycles. The van der Waals surface area contributed by atoms with E-state index >= 15 is 0 Å². The van der Waals surface area contributed by atoms with Gasteiger partial charge >= 0.3 is 0 Å². The van der Waals surface area contributed by atoms with E-state index in [2.05, 4.69) is 4.98 Å². The molecule has 0 spiro atoms. The predicted molar refractivity (Wildman–Crippen MR) is 65.7 cm³/mol. The Kier molecular flexibility index (Phi) is 2.93. The van der Waals surface area contributed by atoms with Gasteiger partial charge < -0.3 is 21.2 Å². The van der Waals surface area contributed by atoms with E-state index < -0.39 is 11.7 Å². The van der Waals surface area contributed by atoms with Crippen LogP contribution < -0.4 is 16.2 Å². The highest BCUT2D eigenvalue weighted by molar-refractivity contribution is 5.99. The van der Waals surface area contributed by atoms with Crippen molar-refractivity contribution in [2.24, 2.45) is 5.73 Å². The summed E-state index contributed by atoms with van der Waals surface area (Å²) in [7, 11) is 1.45. The molecule has 0 atom stereocenters. The van der Waals surface area contributed by atoms with Crippen molar-refractivity contribution in [2.45, 2.75) is 0 Å². The van der Waals surface area contributed by atoms with E-state index in [1.54, 1.807) is 6.07 Å². The molecule has 1 aromatic heterocycles. The number of H-pyrrole nitrogens is 1. The van der Waals surface area contributed by atoms with Crippen molar-refractivity contribution in [1.29, 1.82) is 0 Å². The fourth-order valence-electron chi connectivity index (χ4n) is 1.66. The van der Waals surface area contributed by atoms with Gasteiger partial charge in [-0.25, -0.2) is 4.39 Å². The van der Waals surface area contributed by atoms with E-state index in [1.165, 1.54) is 25.3 Å². The van der Waals surface area contributed by atoms with Crippen LogP contribution in [-0.4, -0.2) is 18.0 Å². The second kappa shape index (κ2) is 4.40. The minimum Gasteiger partial charge on any atom is -0.497 e. The summed E-state index contributed by atoms with van der Waals surface area (Å²) >= 11 is 0. The first-order valence-electron chi connectivity index (χ1n) is 5.15. The molecule has 5 N–H and O–H groups in total. The van der Waals surface area contributed by atoms with Gasteiger partial charge in [0.2, 0.25) is 0 Å². The Morgan fingerprint density at radius 3 is 2.61 bits per heavy atom. The number of primary amides is 1. The van der Waals surface area contributed by atoms with Gasteiger partial charge in [0.05, 0.1) is 18.4 Å². The zero-order valence-electron chi connectivity index (χ0n) is 9.66. The van der Waals surface area contributed by atoms with Crippen LogP contribution in [0.3, 0.4) is 0 Å². The number of hydrogen-bond donors (Lipinski definition) is 3. The third-order valence-electron chi connectivity index (χ3n) is 2.58. The molecule has 1 amide bonds. The Morgan fingerprint density at radius 2 is 2.11 bits per heavy atom. The molecule has 0 fully saturated rings. The number of amides is 1. The van der Waals surface area contributed by atoms with Gasteiger partial charge in [0.1, 0.15) is 17.4 Å². The van der Waals surface area contributed by atoms with Gasteiger partial charge in [-0.3, -0.25) is 4.79 Å². The molecule has 0 radical (unpaired) electrons. The molecular weight excluding hydrogens is 237 g/mol. The lowest BCUT2D eigenvalue weighted by Crippen LogP contribution is -2.11. The van der Waals surface area contributed by atoms with E-state index in [9.17, 15) is 9.18 Å². The first-order chi connectivity index (χ1) is 8.52. The molecule has 18 heavy (non-hydrogen) atoms. The predicted octanol–water partition coefficient (Wildman–Crippen LogP) is 1.51. The minimum atomic E-state index is -0.663. The summed E-state index contributed by atoms with van der Waals surface area (Å²) in [4.78, 5) is 13.8. The topological polar surface area (TPSA) is 94.1 Å². The molecule has 94 valence electrons. The normalized spacial score (nSPS) is 10.3. The molecule has 0 saturated heterocycles. The SMILES string of the molecule is COc1ccc(-c2cc(C(N)=O)c(N)[nH]2)c(F)c1. The lowest BCUT2D eigenvalue weighted by Gasteiger charge is -2.03. The van der Waals surface area contributed by atoms with Crippen LogP contribution >= 0.6 is 0 Å². The molecule has 6 heteroatoms. The van der Waals surface area contributed by atoms with Crippen LogP contribution in [0.15, 0.2) is 24.3 Å². The van der Waals surface area contributed by atoms with Crippen molar-refractivity contribution >= 4 is 11.7 Å². The Bertz CT molecular complexity index is 607. The molecule has 0 aliphatic carbocycles. The van der Waals surface area contributed by atoms with Gasteiger partial charge in [-0.2, -0.15) is 0 Å². The molecule has 0 unspecified atom stereocenters. The van der Waals surface area contributed by atoms with Gasteiger partial charge in [-0.1, -0.05) is 0 Å². The van der Waals surface area contributed by atoms with E-state index in [0.29, 0.717) is 11.4 Å². The monoisotopic (exact) mass is 249 g/mol. The molecule has 1 aromatic carbocycles. The van der Waals surface area contributed by atoms with E-state index in [4.69, 9.17) is 16.2 Å². The van der Waals surface area contributed by atoms with Crippen molar-refractivity contribution in [3.63, 3.8) is 0 Å². The zero-order valence-corrected chi connectivity index (χ0v) is 9.66. The van der Waals surface area contributed by atoms with Crippen LogP contribution in [0.1, 0.15) is 10.4 Å². The Balaban J connectivity index is 2.49. The number of anilines is 1. The van der Waals surface area contributed by atoms with Gasteiger partial charge in [0, 0.05) is 11.6 Å². The van der Waals surface area contributed by atoms with E-state index in [1.807, 2.05) is 0 Å². The van der Waals surface area contributed by atoms with E-state index in [-0.39, 0.29) is 16.9 Å². The summed E-state index contributed by atoms with van der Waals surface area (Å²) in [6, 6.07) is 5.81. The molecular formula is C12H12FN3O2. The summed E-state index contributed by atoms with van der Waals surface area (Å²) < 4.78 is 18.7. The highest BCUT2D eigenvalue weighted by Gasteiger charge is 2.14. The summed E-state index contributed by atoms with van der Waals surface area (Å²) in [5.41, 5.74) is 11.5. The van der Waals surface area contributed by atoms with Crippen LogP contribution in [0.25, 0.3) is 11.3 Å². The summed E-state index contributed by atoms with van der Waals surface area (Å²) in [6.45, 7) is 0. The summed E-state index contributed by atoms with van der Waals surface area (Å²) in [6.07, 6.45) is 0. The Labute approximate surface area is 103 Å². The van der Waals surface area contributed by atoms with Crippen molar-refractivity contribution in [1.82, 2.24) is 4.98 Å². The van der Waals surface area contributed by atoms with Crippen molar-refractivity contribution in [3.8, 4) is 17.0 Å². The van der Waals surface area contributed by atoms with Gasteiger partial charge in [0.25, 0.3) is 5.91 Å².